The maximum atomic E-state index is 14.1. The van der Waals surface area contributed by atoms with Crippen LogP contribution in [0.5, 0.6) is 0 Å². The molecule has 13 heteroatoms. The van der Waals surface area contributed by atoms with Gasteiger partial charge in [-0.05, 0) is 47.0 Å². The number of rotatable bonds is 14. The number of piperazine rings is 1. The number of ether oxygens (including phenoxy) is 1. The summed E-state index contributed by atoms with van der Waals surface area (Å²) in [7, 11) is 1.58. The molecule has 1 atom stereocenters. The van der Waals surface area contributed by atoms with Crippen LogP contribution in [0.4, 0.5) is 18.9 Å². The number of primary amides is 1. The highest BCUT2D eigenvalue weighted by molar-refractivity contribution is 5.95. The molecule has 0 unspecified atom stereocenters. The summed E-state index contributed by atoms with van der Waals surface area (Å²) in [5.41, 5.74) is 7.27. The first-order valence-electron chi connectivity index (χ1n) is 16.2. The third-order valence-corrected chi connectivity index (χ3v) is 8.44. The number of anilines is 1. The highest BCUT2D eigenvalue weighted by Gasteiger charge is 2.32. The van der Waals surface area contributed by atoms with Gasteiger partial charge in [0.2, 0.25) is 23.6 Å². The summed E-state index contributed by atoms with van der Waals surface area (Å²) < 4.78 is 44.6. The van der Waals surface area contributed by atoms with E-state index in [0.717, 1.165) is 28.9 Å². The van der Waals surface area contributed by atoms with Crippen LogP contribution in [0.15, 0.2) is 84.9 Å². The maximum absolute atomic E-state index is 14.1. The molecule has 3 aromatic carbocycles. The van der Waals surface area contributed by atoms with Crippen molar-refractivity contribution in [3.8, 4) is 0 Å². The molecule has 0 radical (unpaired) electrons. The van der Waals surface area contributed by atoms with Crippen LogP contribution in [0.3, 0.4) is 0 Å². The smallest absolute Gasteiger partial charge is 0.370 e. The number of hydrogen-bond acceptors (Lipinski definition) is 6. The van der Waals surface area contributed by atoms with Crippen molar-refractivity contribution in [3.63, 3.8) is 0 Å². The SMILES string of the molecule is CC(=O)N1CCN(c2ccc(CN(C(=O)/C=C/c3ccc(C(F)(F)F)cc3)[C@@H](Cc3ccccc3)C(=O)N(C)CCOCC(N)=O)cc2)CC1. The lowest BCUT2D eigenvalue weighted by atomic mass is 10.0. The van der Waals surface area contributed by atoms with Crippen LogP contribution in [0.25, 0.3) is 6.08 Å². The van der Waals surface area contributed by atoms with E-state index in [4.69, 9.17) is 10.5 Å². The molecule has 2 N–H and O–H groups in total. The molecule has 3 aromatic rings. The molecule has 10 nitrogen and oxygen atoms in total. The number of carbonyl (C=O) groups excluding carboxylic acids is 4. The van der Waals surface area contributed by atoms with Gasteiger partial charge >= 0.3 is 6.18 Å². The van der Waals surface area contributed by atoms with Gasteiger partial charge in [-0.1, -0.05) is 54.6 Å². The van der Waals surface area contributed by atoms with E-state index in [-0.39, 0.29) is 44.5 Å². The Hall–Kier alpha value is -5.17. The second-order valence-electron chi connectivity index (χ2n) is 12.1. The first-order chi connectivity index (χ1) is 23.8. The largest absolute Gasteiger partial charge is 0.416 e. The number of benzene rings is 3. The van der Waals surface area contributed by atoms with Crippen molar-refractivity contribution in [2.24, 2.45) is 5.73 Å². The monoisotopic (exact) mass is 693 g/mol. The van der Waals surface area contributed by atoms with E-state index in [1.807, 2.05) is 54.6 Å². The number of likely N-dealkylation sites (N-methyl/N-ethyl adjacent to an activating group) is 1. The van der Waals surface area contributed by atoms with Crippen LogP contribution in [-0.4, -0.2) is 97.4 Å². The van der Waals surface area contributed by atoms with Crippen LogP contribution in [0.1, 0.15) is 29.2 Å². The van der Waals surface area contributed by atoms with Crippen LogP contribution in [0, 0.1) is 0 Å². The fourth-order valence-corrected chi connectivity index (χ4v) is 5.58. The second-order valence-corrected chi connectivity index (χ2v) is 12.1. The van der Waals surface area contributed by atoms with Gasteiger partial charge in [0.05, 0.1) is 12.2 Å². The van der Waals surface area contributed by atoms with Crippen molar-refractivity contribution in [2.75, 3.05) is 57.9 Å². The summed E-state index contributed by atoms with van der Waals surface area (Å²) in [6.07, 6.45) is -1.63. The van der Waals surface area contributed by atoms with E-state index >= 15 is 0 Å². The molecular weight excluding hydrogens is 651 g/mol. The lowest BCUT2D eigenvalue weighted by Gasteiger charge is -2.36. The standard InChI is InChI=1S/C37H42F3N5O5/c1-27(46)43-18-20-44(21-19-43)32-15-10-30(11-16-32)25-45(35(48)17-12-28-8-13-31(14-9-28)37(38,39)40)33(24-29-6-4-3-5-7-29)36(49)42(2)22-23-50-26-34(41)47/h3-17,33H,18-26H2,1-2H3,(H2,41,47)/b17-12+/t33-/m0/s1. The zero-order valence-electron chi connectivity index (χ0n) is 28.1. The van der Waals surface area contributed by atoms with Gasteiger partial charge in [-0.2, -0.15) is 13.2 Å². The Morgan fingerprint density at radius 2 is 1.54 bits per heavy atom. The molecule has 0 aromatic heterocycles. The number of nitrogens with two attached hydrogens (primary N) is 1. The predicted molar refractivity (Wildman–Crippen MR) is 184 cm³/mol. The van der Waals surface area contributed by atoms with E-state index in [1.165, 1.54) is 34.1 Å². The average molecular weight is 694 g/mol. The van der Waals surface area contributed by atoms with E-state index in [1.54, 1.807) is 18.9 Å². The summed E-state index contributed by atoms with van der Waals surface area (Å²) in [6, 6.07) is 20.4. The Kier molecular flexibility index (Phi) is 13.2. The van der Waals surface area contributed by atoms with Gasteiger partial charge in [0.1, 0.15) is 12.6 Å². The van der Waals surface area contributed by atoms with E-state index < -0.39 is 29.6 Å². The average Bonchev–Trinajstić information content (AvgIpc) is 3.10. The fraction of sp³-hybridized carbons (Fsp3) is 0.351. The Balaban J connectivity index is 1.62. The predicted octanol–water partition coefficient (Wildman–Crippen LogP) is 3.99. The number of alkyl halides is 3. The van der Waals surface area contributed by atoms with Crippen molar-refractivity contribution < 1.29 is 37.1 Å². The summed E-state index contributed by atoms with van der Waals surface area (Å²) in [5, 5.41) is 0. The van der Waals surface area contributed by atoms with Gasteiger partial charge in [-0.3, -0.25) is 19.2 Å². The maximum Gasteiger partial charge on any atom is 0.416 e. The van der Waals surface area contributed by atoms with E-state index in [2.05, 4.69) is 4.90 Å². The molecule has 0 aliphatic carbocycles. The van der Waals surface area contributed by atoms with Crippen LogP contribution in [0.2, 0.25) is 0 Å². The van der Waals surface area contributed by atoms with Gasteiger partial charge in [0.15, 0.2) is 0 Å². The summed E-state index contributed by atoms with van der Waals surface area (Å²) in [6.45, 7) is 4.11. The molecule has 1 fully saturated rings. The Labute approximate surface area is 289 Å². The summed E-state index contributed by atoms with van der Waals surface area (Å²) in [4.78, 5) is 57.8. The lowest BCUT2D eigenvalue weighted by Crippen LogP contribution is -2.51. The van der Waals surface area contributed by atoms with Gasteiger partial charge in [-0.15, -0.1) is 0 Å². The summed E-state index contributed by atoms with van der Waals surface area (Å²) in [5.74, 6) is -1.47. The molecule has 0 bridgehead atoms. The van der Waals surface area contributed by atoms with Gasteiger partial charge in [-0.25, -0.2) is 0 Å². The minimum Gasteiger partial charge on any atom is -0.370 e. The number of halogens is 3. The zero-order valence-corrected chi connectivity index (χ0v) is 28.1. The number of carbonyl (C=O) groups is 4. The highest BCUT2D eigenvalue weighted by Crippen LogP contribution is 2.29. The van der Waals surface area contributed by atoms with Gasteiger partial charge in [0, 0.05) is 71.4 Å². The van der Waals surface area contributed by atoms with Crippen molar-refractivity contribution in [3.05, 3.63) is 107 Å². The van der Waals surface area contributed by atoms with Crippen molar-refractivity contribution in [1.82, 2.24) is 14.7 Å². The Bertz CT molecular complexity index is 1620. The van der Waals surface area contributed by atoms with Crippen molar-refractivity contribution in [2.45, 2.75) is 32.1 Å². The lowest BCUT2D eigenvalue weighted by molar-refractivity contribution is -0.143. The van der Waals surface area contributed by atoms with Crippen molar-refractivity contribution >= 4 is 35.4 Å². The molecule has 4 rings (SSSR count). The molecule has 1 aliphatic rings. The van der Waals surface area contributed by atoms with E-state index in [0.29, 0.717) is 31.7 Å². The molecule has 1 heterocycles. The Morgan fingerprint density at radius 1 is 0.900 bits per heavy atom. The van der Waals surface area contributed by atoms with E-state index in [9.17, 15) is 32.3 Å². The first-order valence-corrected chi connectivity index (χ1v) is 16.2. The van der Waals surface area contributed by atoms with Crippen molar-refractivity contribution in [1.29, 1.82) is 0 Å². The Morgan fingerprint density at radius 3 is 2.12 bits per heavy atom. The van der Waals surface area contributed by atoms with Crippen LogP contribution < -0.4 is 10.6 Å². The van der Waals surface area contributed by atoms with Gasteiger partial charge < -0.3 is 30.1 Å². The molecule has 4 amide bonds. The number of amides is 4. The molecular formula is C37H42F3N5O5. The zero-order chi connectivity index (χ0) is 36.3. The number of nitrogens with zero attached hydrogens (tertiary/aromatic N) is 4. The minimum atomic E-state index is -4.49. The van der Waals surface area contributed by atoms with Crippen LogP contribution in [-0.2, 0) is 43.1 Å². The topological polar surface area (TPSA) is 116 Å². The van der Waals surface area contributed by atoms with Crippen LogP contribution >= 0.6 is 0 Å². The summed E-state index contributed by atoms with van der Waals surface area (Å²) >= 11 is 0. The van der Waals surface area contributed by atoms with Gasteiger partial charge in [0.25, 0.3) is 0 Å². The quantitative estimate of drug-likeness (QED) is 0.202. The minimum absolute atomic E-state index is 0.0422. The molecule has 266 valence electrons. The molecule has 0 saturated carbocycles. The second kappa shape index (κ2) is 17.5. The molecule has 50 heavy (non-hydrogen) atoms. The normalized spacial score (nSPS) is 14.0. The third kappa shape index (κ3) is 10.9. The first kappa shape index (κ1) is 37.6. The highest BCUT2D eigenvalue weighted by atomic mass is 19.4. The number of hydrogen-bond donors (Lipinski definition) is 1. The third-order valence-electron chi connectivity index (χ3n) is 8.44. The molecule has 0 spiro atoms. The fourth-order valence-electron chi connectivity index (χ4n) is 5.58. The molecule has 1 saturated heterocycles. The molecule has 1 aliphatic heterocycles.